The molecule has 0 bridgehead atoms. The molecule has 0 heterocycles. The van der Waals surface area contributed by atoms with E-state index in [1.807, 2.05) is 32.3 Å². The first-order chi connectivity index (χ1) is 9.58. The summed E-state index contributed by atoms with van der Waals surface area (Å²) in [6.45, 7) is 1.61. The summed E-state index contributed by atoms with van der Waals surface area (Å²) >= 11 is 0. The second-order valence-corrected chi connectivity index (χ2v) is 5.02. The van der Waals surface area contributed by atoms with Crippen LogP contribution in [0, 0.1) is 0 Å². The zero-order valence-corrected chi connectivity index (χ0v) is 12.8. The molecule has 0 aliphatic rings. The SMILES string of the molecule is COCC(O)CNCC(c1cccc(OC)c1)N(C)C. The molecule has 0 aliphatic heterocycles. The third-order valence-electron chi connectivity index (χ3n) is 3.18. The van der Waals surface area contributed by atoms with E-state index in [4.69, 9.17) is 9.47 Å². The van der Waals surface area contributed by atoms with Crippen LogP contribution in [0.5, 0.6) is 5.75 Å². The lowest BCUT2D eigenvalue weighted by atomic mass is 10.1. The van der Waals surface area contributed by atoms with Crippen LogP contribution in [-0.4, -0.2) is 64.1 Å². The summed E-state index contributed by atoms with van der Waals surface area (Å²) in [5.74, 6) is 0.855. The van der Waals surface area contributed by atoms with Crippen molar-refractivity contribution >= 4 is 0 Å². The zero-order valence-electron chi connectivity index (χ0n) is 12.8. The maximum atomic E-state index is 9.63. The third kappa shape index (κ3) is 5.46. The molecule has 0 amide bonds. The fraction of sp³-hybridized carbons (Fsp3) is 0.600. The van der Waals surface area contributed by atoms with E-state index in [9.17, 15) is 5.11 Å². The smallest absolute Gasteiger partial charge is 0.119 e. The van der Waals surface area contributed by atoms with Crippen molar-refractivity contribution in [1.82, 2.24) is 10.2 Å². The van der Waals surface area contributed by atoms with Gasteiger partial charge in [-0.2, -0.15) is 0 Å². The predicted molar refractivity (Wildman–Crippen MR) is 80.2 cm³/mol. The van der Waals surface area contributed by atoms with E-state index in [0.717, 1.165) is 12.3 Å². The number of hydrogen-bond acceptors (Lipinski definition) is 5. The van der Waals surface area contributed by atoms with Gasteiger partial charge in [-0.3, -0.25) is 0 Å². The number of nitrogens with zero attached hydrogens (tertiary/aromatic N) is 1. The average molecular weight is 282 g/mol. The van der Waals surface area contributed by atoms with Gasteiger partial charge in [0.05, 0.1) is 19.8 Å². The van der Waals surface area contributed by atoms with E-state index in [2.05, 4.69) is 16.3 Å². The molecule has 0 saturated carbocycles. The Labute approximate surface area is 121 Å². The fourth-order valence-corrected chi connectivity index (χ4v) is 2.09. The summed E-state index contributed by atoms with van der Waals surface area (Å²) in [5, 5.41) is 12.9. The van der Waals surface area contributed by atoms with Crippen LogP contribution in [0.3, 0.4) is 0 Å². The Bertz CT molecular complexity index is 385. The standard InChI is InChI=1S/C15H26N2O3/c1-17(2)15(10-16-9-13(18)11-19-3)12-6-5-7-14(8-12)20-4/h5-8,13,15-16,18H,9-11H2,1-4H3. The molecule has 0 fully saturated rings. The van der Waals surface area contributed by atoms with Crippen molar-refractivity contribution in [3.05, 3.63) is 29.8 Å². The monoisotopic (exact) mass is 282 g/mol. The summed E-state index contributed by atoms with van der Waals surface area (Å²) in [6.07, 6.45) is -0.479. The highest BCUT2D eigenvalue weighted by Crippen LogP contribution is 2.21. The Morgan fingerprint density at radius 1 is 1.25 bits per heavy atom. The highest BCUT2D eigenvalue weighted by Gasteiger charge is 2.15. The van der Waals surface area contributed by atoms with Crippen molar-refractivity contribution in [2.24, 2.45) is 0 Å². The van der Waals surface area contributed by atoms with Gasteiger partial charge in [0.2, 0.25) is 0 Å². The summed E-state index contributed by atoms with van der Waals surface area (Å²) in [4.78, 5) is 2.14. The summed E-state index contributed by atoms with van der Waals surface area (Å²) < 4.78 is 10.2. The topological polar surface area (TPSA) is 54.0 Å². The van der Waals surface area contributed by atoms with Gasteiger partial charge in [-0.05, 0) is 31.8 Å². The van der Waals surface area contributed by atoms with E-state index < -0.39 is 6.10 Å². The third-order valence-corrected chi connectivity index (χ3v) is 3.18. The zero-order chi connectivity index (χ0) is 15.0. The molecular formula is C15H26N2O3. The highest BCUT2D eigenvalue weighted by atomic mass is 16.5. The molecule has 1 rings (SSSR count). The molecule has 2 unspecified atom stereocenters. The summed E-state index contributed by atoms with van der Waals surface area (Å²) in [5.41, 5.74) is 1.18. The van der Waals surface area contributed by atoms with Gasteiger partial charge >= 0.3 is 0 Å². The Balaban J connectivity index is 2.60. The van der Waals surface area contributed by atoms with Crippen molar-refractivity contribution in [3.8, 4) is 5.75 Å². The Hall–Kier alpha value is -1.14. The summed E-state index contributed by atoms with van der Waals surface area (Å²) in [6, 6.07) is 8.27. The van der Waals surface area contributed by atoms with Crippen LogP contribution in [0.25, 0.3) is 0 Å². The van der Waals surface area contributed by atoms with Crippen molar-refractivity contribution < 1.29 is 14.6 Å². The van der Waals surface area contributed by atoms with Gasteiger partial charge < -0.3 is 24.8 Å². The van der Waals surface area contributed by atoms with Gasteiger partial charge in [0, 0.05) is 26.2 Å². The van der Waals surface area contributed by atoms with Crippen LogP contribution in [-0.2, 0) is 4.74 Å². The molecule has 0 spiro atoms. The lowest BCUT2D eigenvalue weighted by molar-refractivity contribution is 0.0635. The number of nitrogens with one attached hydrogen (secondary N) is 1. The van der Waals surface area contributed by atoms with Gasteiger partial charge in [-0.25, -0.2) is 0 Å². The minimum Gasteiger partial charge on any atom is -0.497 e. The van der Waals surface area contributed by atoms with E-state index in [1.165, 1.54) is 5.56 Å². The molecule has 1 aromatic rings. The number of rotatable bonds is 9. The largest absolute Gasteiger partial charge is 0.497 e. The number of aliphatic hydroxyl groups is 1. The first-order valence-electron chi connectivity index (χ1n) is 6.76. The second kappa shape index (κ2) is 8.92. The van der Waals surface area contributed by atoms with Gasteiger partial charge in [0.1, 0.15) is 5.75 Å². The van der Waals surface area contributed by atoms with Gasteiger partial charge in [0.25, 0.3) is 0 Å². The quantitative estimate of drug-likeness (QED) is 0.705. The van der Waals surface area contributed by atoms with Crippen LogP contribution in [0.4, 0.5) is 0 Å². The maximum Gasteiger partial charge on any atom is 0.119 e. The molecular weight excluding hydrogens is 256 g/mol. The Kier molecular flexibility index (Phi) is 7.54. The molecule has 5 heteroatoms. The molecule has 20 heavy (non-hydrogen) atoms. The molecule has 2 N–H and O–H groups in total. The van der Waals surface area contributed by atoms with Gasteiger partial charge in [-0.15, -0.1) is 0 Å². The lowest BCUT2D eigenvalue weighted by Gasteiger charge is -2.26. The molecule has 1 aromatic carbocycles. The number of hydrogen-bond donors (Lipinski definition) is 2. The minimum atomic E-state index is -0.479. The van der Waals surface area contributed by atoms with Crippen molar-refractivity contribution in [3.63, 3.8) is 0 Å². The highest BCUT2D eigenvalue weighted by molar-refractivity contribution is 5.30. The molecule has 0 aliphatic carbocycles. The summed E-state index contributed by atoms with van der Waals surface area (Å²) in [7, 11) is 7.33. The molecule has 0 aromatic heterocycles. The van der Waals surface area contributed by atoms with Crippen LogP contribution in [0.15, 0.2) is 24.3 Å². The Morgan fingerprint density at radius 2 is 2.00 bits per heavy atom. The van der Waals surface area contributed by atoms with Gasteiger partial charge in [-0.1, -0.05) is 12.1 Å². The fourth-order valence-electron chi connectivity index (χ4n) is 2.09. The van der Waals surface area contributed by atoms with Crippen LogP contribution >= 0.6 is 0 Å². The second-order valence-electron chi connectivity index (χ2n) is 5.02. The number of likely N-dealkylation sites (N-methyl/N-ethyl adjacent to an activating group) is 1. The number of methoxy groups -OCH3 is 2. The minimum absolute atomic E-state index is 0.222. The first-order valence-corrected chi connectivity index (χ1v) is 6.76. The van der Waals surface area contributed by atoms with Crippen molar-refractivity contribution in [1.29, 1.82) is 0 Å². The van der Waals surface area contributed by atoms with E-state index >= 15 is 0 Å². The number of benzene rings is 1. The van der Waals surface area contributed by atoms with Crippen LogP contribution in [0.2, 0.25) is 0 Å². The molecule has 114 valence electrons. The normalized spacial score (nSPS) is 14.3. The van der Waals surface area contributed by atoms with Crippen LogP contribution < -0.4 is 10.1 Å². The maximum absolute atomic E-state index is 9.63. The van der Waals surface area contributed by atoms with Crippen molar-refractivity contribution in [2.75, 3.05) is 48.0 Å². The predicted octanol–water partition coefficient (Wildman–Crippen LogP) is 0.895. The Morgan fingerprint density at radius 3 is 2.60 bits per heavy atom. The van der Waals surface area contributed by atoms with E-state index in [0.29, 0.717) is 13.2 Å². The molecule has 0 radical (unpaired) electrons. The lowest BCUT2D eigenvalue weighted by Crippen LogP contribution is -2.36. The van der Waals surface area contributed by atoms with Gasteiger partial charge in [0.15, 0.2) is 0 Å². The molecule has 5 nitrogen and oxygen atoms in total. The molecule has 2 atom stereocenters. The average Bonchev–Trinajstić information content (AvgIpc) is 2.43. The van der Waals surface area contributed by atoms with Crippen LogP contribution in [0.1, 0.15) is 11.6 Å². The van der Waals surface area contributed by atoms with E-state index in [-0.39, 0.29) is 6.04 Å². The molecule has 0 saturated heterocycles. The van der Waals surface area contributed by atoms with E-state index in [1.54, 1.807) is 14.2 Å². The van der Waals surface area contributed by atoms with Crippen molar-refractivity contribution in [2.45, 2.75) is 12.1 Å². The number of aliphatic hydroxyl groups excluding tert-OH is 1. The number of ether oxygens (including phenoxy) is 2. The first kappa shape index (κ1) is 16.9.